The van der Waals surface area contributed by atoms with Crippen molar-refractivity contribution in [3.8, 4) is 0 Å². The van der Waals surface area contributed by atoms with Gasteiger partial charge in [-0.2, -0.15) is 0 Å². The number of para-hydroxylation sites is 1. The lowest BCUT2D eigenvalue weighted by molar-refractivity contribution is 0.253. The minimum atomic E-state index is 0.239. The van der Waals surface area contributed by atoms with Crippen LogP contribution in [0.4, 0.5) is 5.69 Å². The van der Waals surface area contributed by atoms with Gasteiger partial charge in [0, 0.05) is 45.5 Å². The van der Waals surface area contributed by atoms with Gasteiger partial charge in [0.15, 0.2) is 5.96 Å². The summed E-state index contributed by atoms with van der Waals surface area (Å²) in [6, 6.07) is 21.5. The van der Waals surface area contributed by atoms with Gasteiger partial charge in [-0.1, -0.05) is 48.5 Å². The van der Waals surface area contributed by atoms with Gasteiger partial charge in [0.2, 0.25) is 0 Å². The molecule has 1 saturated heterocycles. The molecule has 0 aromatic heterocycles. The second-order valence-electron chi connectivity index (χ2n) is 7.65. The monoisotopic (exact) mass is 393 g/mol. The minimum Gasteiger partial charge on any atom is -0.369 e. The Labute approximate surface area is 175 Å². The van der Waals surface area contributed by atoms with E-state index in [4.69, 9.17) is 0 Å². The second kappa shape index (κ2) is 11.5. The summed E-state index contributed by atoms with van der Waals surface area (Å²) in [7, 11) is 1.83. The molecule has 1 aliphatic rings. The normalized spacial score (nSPS) is 16.5. The van der Waals surface area contributed by atoms with E-state index in [2.05, 4.69) is 86.9 Å². The van der Waals surface area contributed by atoms with Crippen LogP contribution in [0.1, 0.15) is 31.4 Å². The SMILES string of the molecule is CN=C(NCCCCN1CCN(c2ccccc2)CC1)NC(C)c1ccccc1. The van der Waals surface area contributed by atoms with Crippen LogP contribution in [0.5, 0.6) is 0 Å². The topological polar surface area (TPSA) is 42.9 Å². The molecule has 0 aliphatic carbocycles. The van der Waals surface area contributed by atoms with Gasteiger partial charge < -0.3 is 15.5 Å². The Morgan fingerprint density at radius 1 is 0.931 bits per heavy atom. The van der Waals surface area contributed by atoms with Crippen molar-refractivity contribution in [3.05, 3.63) is 66.2 Å². The van der Waals surface area contributed by atoms with Gasteiger partial charge in [-0.25, -0.2) is 0 Å². The van der Waals surface area contributed by atoms with E-state index in [1.807, 2.05) is 13.1 Å². The molecule has 0 radical (unpaired) electrons. The molecular weight excluding hydrogens is 358 g/mol. The van der Waals surface area contributed by atoms with Crippen LogP contribution in [0.25, 0.3) is 0 Å². The summed E-state index contributed by atoms with van der Waals surface area (Å²) in [6.07, 6.45) is 2.36. The van der Waals surface area contributed by atoms with Crippen molar-refractivity contribution in [3.63, 3.8) is 0 Å². The van der Waals surface area contributed by atoms with Gasteiger partial charge in [-0.05, 0) is 44.0 Å². The number of benzene rings is 2. The number of guanidine groups is 1. The Morgan fingerprint density at radius 2 is 1.59 bits per heavy atom. The second-order valence-corrected chi connectivity index (χ2v) is 7.65. The number of hydrogen-bond donors (Lipinski definition) is 2. The van der Waals surface area contributed by atoms with Crippen LogP contribution in [-0.2, 0) is 0 Å². The van der Waals surface area contributed by atoms with Crippen molar-refractivity contribution >= 4 is 11.6 Å². The highest BCUT2D eigenvalue weighted by Crippen LogP contribution is 2.15. The third-order valence-electron chi connectivity index (χ3n) is 5.56. The van der Waals surface area contributed by atoms with E-state index in [9.17, 15) is 0 Å². The van der Waals surface area contributed by atoms with E-state index in [1.54, 1.807) is 0 Å². The molecule has 0 bridgehead atoms. The van der Waals surface area contributed by atoms with Crippen molar-refractivity contribution in [2.75, 3.05) is 51.2 Å². The number of piperazine rings is 1. The molecular formula is C24H35N5. The van der Waals surface area contributed by atoms with Crippen molar-refractivity contribution in [1.29, 1.82) is 0 Å². The molecule has 5 heteroatoms. The summed E-state index contributed by atoms with van der Waals surface area (Å²) >= 11 is 0. The maximum Gasteiger partial charge on any atom is 0.191 e. The molecule has 156 valence electrons. The zero-order valence-corrected chi connectivity index (χ0v) is 17.8. The van der Waals surface area contributed by atoms with Crippen LogP contribution in [0.3, 0.4) is 0 Å². The van der Waals surface area contributed by atoms with Gasteiger partial charge in [0.05, 0.1) is 6.04 Å². The minimum absolute atomic E-state index is 0.239. The molecule has 2 aromatic carbocycles. The summed E-state index contributed by atoms with van der Waals surface area (Å²) in [5, 5.41) is 6.92. The first-order valence-electron chi connectivity index (χ1n) is 10.8. The van der Waals surface area contributed by atoms with Gasteiger partial charge in [0.1, 0.15) is 0 Å². The van der Waals surface area contributed by atoms with Crippen molar-refractivity contribution in [1.82, 2.24) is 15.5 Å². The summed E-state index contributed by atoms with van der Waals surface area (Å²) in [6.45, 7) is 8.84. The number of nitrogens with zero attached hydrogens (tertiary/aromatic N) is 3. The summed E-state index contributed by atoms with van der Waals surface area (Å²) in [5.41, 5.74) is 2.62. The Kier molecular flexibility index (Phi) is 8.38. The molecule has 29 heavy (non-hydrogen) atoms. The van der Waals surface area contributed by atoms with E-state index in [0.29, 0.717) is 0 Å². The Hall–Kier alpha value is -2.53. The largest absolute Gasteiger partial charge is 0.369 e. The molecule has 0 spiro atoms. The highest BCUT2D eigenvalue weighted by atomic mass is 15.3. The third kappa shape index (κ3) is 6.79. The van der Waals surface area contributed by atoms with Crippen LogP contribution in [0, 0.1) is 0 Å². The van der Waals surface area contributed by atoms with E-state index in [1.165, 1.54) is 24.2 Å². The fourth-order valence-corrected chi connectivity index (χ4v) is 3.76. The number of anilines is 1. The average Bonchev–Trinajstić information content (AvgIpc) is 2.79. The highest BCUT2D eigenvalue weighted by molar-refractivity contribution is 5.80. The number of hydrogen-bond acceptors (Lipinski definition) is 3. The molecule has 3 rings (SSSR count). The first kappa shape index (κ1) is 21.2. The predicted octanol–water partition coefficient (Wildman–Crippen LogP) is 3.52. The lowest BCUT2D eigenvalue weighted by atomic mass is 10.1. The van der Waals surface area contributed by atoms with Crippen molar-refractivity contribution in [2.24, 2.45) is 4.99 Å². The fourth-order valence-electron chi connectivity index (χ4n) is 3.76. The van der Waals surface area contributed by atoms with Crippen molar-refractivity contribution < 1.29 is 0 Å². The molecule has 2 aromatic rings. The molecule has 0 amide bonds. The molecule has 2 N–H and O–H groups in total. The Morgan fingerprint density at radius 3 is 2.24 bits per heavy atom. The molecule has 1 unspecified atom stereocenters. The van der Waals surface area contributed by atoms with E-state index in [0.717, 1.165) is 45.1 Å². The van der Waals surface area contributed by atoms with Gasteiger partial charge in [0.25, 0.3) is 0 Å². The molecule has 1 fully saturated rings. The first-order valence-corrected chi connectivity index (χ1v) is 10.8. The standard InChI is InChI=1S/C24H35N5/c1-21(22-11-5-3-6-12-22)27-24(25-2)26-15-9-10-16-28-17-19-29(20-18-28)23-13-7-4-8-14-23/h3-8,11-14,21H,9-10,15-20H2,1-2H3,(H2,25,26,27). The highest BCUT2D eigenvalue weighted by Gasteiger charge is 2.16. The number of aliphatic imine (C=N–C) groups is 1. The van der Waals surface area contributed by atoms with Gasteiger partial charge in [-0.15, -0.1) is 0 Å². The lowest BCUT2D eigenvalue weighted by Gasteiger charge is -2.36. The lowest BCUT2D eigenvalue weighted by Crippen LogP contribution is -2.46. The van der Waals surface area contributed by atoms with Crippen LogP contribution in [0.15, 0.2) is 65.7 Å². The number of unbranched alkanes of at least 4 members (excludes halogenated alkanes) is 1. The summed E-state index contributed by atoms with van der Waals surface area (Å²) in [5.74, 6) is 0.873. The average molecular weight is 394 g/mol. The molecule has 0 saturated carbocycles. The molecule has 1 atom stereocenters. The third-order valence-corrected chi connectivity index (χ3v) is 5.56. The summed E-state index contributed by atoms with van der Waals surface area (Å²) in [4.78, 5) is 9.43. The maximum atomic E-state index is 4.36. The fraction of sp³-hybridized carbons (Fsp3) is 0.458. The smallest absolute Gasteiger partial charge is 0.191 e. The molecule has 1 heterocycles. The number of nitrogens with one attached hydrogen (secondary N) is 2. The van der Waals surface area contributed by atoms with Crippen LogP contribution in [0.2, 0.25) is 0 Å². The quantitative estimate of drug-likeness (QED) is 0.409. The zero-order valence-electron chi connectivity index (χ0n) is 17.8. The van der Waals surface area contributed by atoms with Gasteiger partial charge >= 0.3 is 0 Å². The maximum absolute atomic E-state index is 4.36. The predicted molar refractivity (Wildman–Crippen MR) is 124 cm³/mol. The summed E-state index contributed by atoms with van der Waals surface area (Å²) < 4.78 is 0. The van der Waals surface area contributed by atoms with E-state index < -0.39 is 0 Å². The zero-order chi connectivity index (χ0) is 20.3. The number of rotatable bonds is 8. The van der Waals surface area contributed by atoms with E-state index >= 15 is 0 Å². The van der Waals surface area contributed by atoms with Crippen LogP contribution < -0.4 is 15.5 Å². The Bertz CT molecular complexity index is 723. The molecule has 1 aliphatic heterocycles. The van der Waals surface area contributed by atoms with Gasteiger partial charge in [-0.3, -0.25) is 9.89 Å². The molecule has 5 nitrogen and oxygen atoms in total. The van der Waals surface area contributed by atoms with E-state index in [-0.39, 0.29) is 6.04 Å². The van der Waals surface area contributed by atoms with Crippen molar-refractivity contribution in [2.45, 2.75) is 25.8 Å². The van der Waals surface area contributed by atoms with Crippen LogP contribution in [-0.4, -0.2) is 57.2 Å². The Balaban J connectivity index is 1.29. The first-order chi connectivity index (χ1) is 14.3. The van der Waals surface area contributed by atoms with Crippen LogP contribution >= 0.6 is 0 Å².